The smallest absolute Gasteiger partial charge is 0.231 e. The van der Waals surface area contributed by atoms with Crippen LogP contribution in [0.25, 0.3) is 0 Å². The number of nitrogens with zero attached hydrogens (tertiary/aromatic N) is 2. The third-order valence-electron chi connectivity index (χ3n) is 2.09. The van der Waals surface area contributed by atoms with Crippen LogP contribution >= 0.6 is 0 Å². The average molecular weight is 236 g/mol. The number of nitrogens with two attached hydrogens (primary N) is 2. The molecule has 0 unspecified atom stereocenters. The molecule has 0 radical (unpaired) electrons. The third-order valence-corrected chi connectivity index (χ3v) is 2.09. The monoisotopic (exact) mass is 236 g/mol. The van der Waals surface area contributed by atoms with Crippen molar-refractivity contribution in [2.24, 2.45) is 21.7 Å². The summed E-state index contributed by atoms with van der Waals surface area (Å²) in [5.74, 6) is 1.77. The van der Waals surface area contributed by atoms with Crippen LogP contribution < -0.4 is 25.7 Å². The molecule has 4 N–H and O–H groups in total. The van der Waals surface area contributed by atoms with Crippen LogP contribution in [0.3, 0.4) is 0 Å². The van der Waals surface area contributed by atoms with E-state index in [0.717, 1.165) is 0 Å². The summed E-state index contributed by atoms with van der Waals surface area (Å²) in [7, 11) is 1.55. The lowest BCUT2D eigenvalue weighted by Gasteiger charge is -2.05. The van der Waals surface area contributed by atoms with Gasteiger partial charge in [0, 0.05) is 11.6 Å². The zero-order valence-corrected chi connectivity index (χ0v) is 9.21. The zero-order valence-electron chi connectivity index (χ0n) is 9.21. The molecule has 17 heavy (non-hydrogen) atoms. The minimum atomic E-state index is -0.110. The zero-order chi connectivity index (χ0) is 12.3. The van der Waals surface area contributed by atoms with Gasteiger partial charge in [0.25, 0.3) is 0 Å². The fourth-order valence-corrected chi connectivity index (χ4v) is 1.37. The van der Waals surface area contributed by atoms with Crippen LogP contribution in [0.5, 0.6) is 17.2 Å². The Balaban J connectivity index is 2.32. The van der Waals surface area contributed by atoms with Crippen molar-refractivity contribution in [3.8, 4) is 17.2 Å². The molecule has 7 heteroatoms. The summed E-state index contributed by atoms with van der Waals surface area (Å²) in [6, 6.07) is 3.46. The van der Waals surface area contributed by atoms with Crippen molar-refractivity contribution in [2.75, 3.05) is 13.9 Å². The van der Waals surface area contributed by atoms with E-state index in [1.54, 1.807) is 19.2 Å². The van der Waals surface area contributed by atoms with E-state index < -0.39 is 0 Å². The molecular weight excluding hydrogens is 224 g/mol. The molecule has 0 amide bonds. The van der Waals surface area contributed by atoms with Crippen LogP contribution in [-0.4, -0.2) is 26.1 Å². The number of fused-ring (bicyclic) bond motifs is 1. The average Bonchev–Trinajstić information content (AvgIpc) is 2.74. The Bertz CT molecular complexity index is 481. The van der Waals surface area contributed by atoms with Gasteiger partial charge < -0.3 is 25.7 Å². The highest BCUT2D eigenvalue weighted by atomic mass is 16.7. The molecule has 0 aliphatic carbocycles. The number of rotatable bonds is 3. The van der Waals surface area contributed by atoms with E-state index in [0.29, 0.717) is 22.8 Å². The van der Waals surface area contributed by atoms with Crippen molar-refractivity contribution in [3.05, 3.63) is 17.7 Å². The number of hydrogen-bond acceptors (Lipinski definition) is 5. The lowest BCUT2D eigenvalue weighted by Crippen LogP contribution is -2.21. The van der Waals surface area contributed by atoms with E-state index in [-0.39, 0.29) is 12.8 Å². The predicted molar refractivity (Wildman–Crippen MR) is 62.5 cm³/mol. The molecule has 1 aromatic carbocycles. The van der Waals surface area contributed by atoms with Gasteiger partial charge in [-0.15, -0.1) is 5.10 Å². The molecule has 1 heterocycles. The predicted octanol–water partition coefficient (Wildman–Crippen LogP) is 0.0312. The maximum absolute atomic E-state index is 5.24. The standard InChI is InChI=1S/C10H12N4O3/c1-15-7-3-9-8(16-5-17-9)2-6(7)4-13-14-10(11)12/h2-4H,5H2,1H3,(H4,11,12,14). The van der Waals surface area contributed by atoms with E-state index >= 15 is 0 Å². The molecule has 2 rings (SSSR count). The van der Waals surface area contributed by atoms with Gasteiger partial charge in [-0.2, -0.15) is 5.10 Å². The van der Waals surface area contributed by atoms with Crippen LogP contribution in [0.1, 0.15) is 5.56 Å². The molecule has 0 saturated heterocycles. The molecule has 0 atom stereocenters. The summed E-state index contributed by atoms with van der Waals surface area (Å²) >= 11 is 0. The molecule has 1 aliphatic heterocycles. The first kappa shape index (κ1) is 11.1. The van der Waals surface area contributed by atoms with Crippen molar-refractivity contribution in [2.45, 2.75) is 0 Å². The van der Waals surface area contributed by atoms with Crippen molar-refractivity contribution < 1.29 is 14.2 Å². The molecule has 0 fully saturated rings. The number of benzene rings is 1. The second-order valence-electron chi connectivity index (χ2n) is 3.22. The summed E-state index contributed by atoms with van der Waals surface area (Å²) in [5, 5.41) is 7.21. The van der Waals surface area contributed by atoms with E-state index in [4.69, 9.17) is 25.7 Å². The Hall–Kier alpha value is -2.44. The quantitative estimate of drug-likeness (QED) is 0.437. The van der Waals surface area contributed by atoms with E-state index in [9.17, 15) is 0 Å². The molecule has 90 valence electrons. The molecule has 7 nitrogen and oxygen atoms in total. The molecule has 0 spiro atoms. The van der Waals surface area contributed by atoms with Gasteiger partial charge >= 0.3 is 0 Å². The Labute approximate surface area is 97.7 Å². The van der Waals surface area contributed by atoms with Gasteiger partial charge in [0.2, 0.25) is 12.8 Å². The van der Waals surface area contributed by atoms with Crippen LogP contribution in [0.2, 0.25) is 0 Å². The number of guanidine groups is 1. The van der Waals surface area contributed by atoms with E-state index in [1.165, 1.54) is 6.21 Å². The van der Waals surface area contributed by atoms with Crippen molar-refractivity contribution in [3.63, 3.8) is 0 Å². The van der Waals surface area contributed by atoms with Gasteiger partial charge in [-0.25, -0.2) is 0 Å². The van der Waals surface area contributed by atoms with Crippen LogP contribution in [0.4, 0.5) is 0 Å². The highest BCUT2D eigenvalue weighted by molar-refractivity contribution is 5.86. The second kappa shape index (κ2) is 4.60. The SMILES string of the molecule is COc1cc2c(cc1C=NN=C(N)N)OCO2. The summed E-state index contributed by atoms with van der Waals surface area (Å²) < 4.78 is 15.7. The minimum Gasteiger partial charge on any atom is -0.496 e. The topological polar surface area (TPSA) is 104 Å². The first-order valence-corrected chi connectivity index (χ1v) is 4.80. The molecule has 0 aromatic heterocycles. The number of hydrogen-bond donors (Lipinski definition) is 2. The summed E-state index contributed by atoms with van der Waals surface area (Å²) in [5.41, 5.74) is 11.0. The summed E-state index contributed by atoms with van der Waals surface area (Å²) in [4.78, 5) is 0. The Morgan fingerprint density at radius 1 is 1.35 bits per heavy atom. The van der Waals surface area contributed by atoms with Gasteiger partial charge in [0.05, 0.1) is 13.3 Å². The summed E-state index contributed by atoms with van der Waals surface area (Å²) in [6.45, 7) is 0.201. The van der Waals surface area contributed by atoms with Crippen LogP contribution in [-0.2, 0) is 0 Å². The first-order chi connectivity index (χ1) is 8.20. The number of methoxy groups -OCH3 is 1. The number of ether oxygens (including phenoxy) is 3. The van der Waals surface area contributed by atoms with Crippen LogP contribution in [0.15, 0.2) is 22.3 Å². The van der Waals surface area contributed by atoms with Crippen molar-refractivity contribution in [1.82, 2.24) is 0 Å². The molecular formula is C10H12N4O3. The van der Waals surface area contributed by atoms with Gasteiger partial charge in [-0.1, -0.05) is 0 Å². The molecule has 1 aliphatic rings. The van der Waals surface area contributed by atoms with Crippen molar-refractivity contribution in [1.29, 1.82) is 0 Å². The molecule has 0 saturated carbocycles. The third kappa shape index (κ3) is 2.39. The second-order valence-corrected chi connectivity index (χ2v) is 3.22. The Morgan fingerprint density at radius 3 is 2.71 bits per heavy atom. The van der Waals surface area contributed by atoms with E-state index in [1.807, 2.05) is 0 Å². The molecule has 1 aromatic rings. The highest BCUT2D eigenvalue weighted by Gasteiger charge is 2.16. The normalized spacial score (nSPS) is 12.8. The Kier molecular flexibility index (Phi) is 2.99. The van der Waals surface area contributed by atoms with Crippen molar-refractivity contribution >= 4 is 12.2 Å². The fraction of sp³-hybridized carbons (Fsp3) is 0.200. The highest BCUT2D eigenvalue weighted by Crippen LogP contribution is 2.37. The maximum atomic E-state index is 5.24. The first-order valence-electron chi connectivity index (χ1n) is 4.80. The minimum absolute atomic E-state index is 0.110. The lowest BCUT2D eigenvalue weighted by molar-refractivity contribution is 0.174. The van der Waals surface area contributed by atoms with Crippen LogP contribution in [0, 0.1) is 0 Å². The van der Waals surface area contributed by atoms with E-state index in [2.05, 4.69) is 10.2 Å². The summed E-state index contributed by atoms with van der Waals surface area (Å²) in [6.07, 6.45) is 1.47. The van der Waals surface area contributed by atoms with Gasteiger partial charge in [0.1, 0.15) is 5.75 Å². The van der Waals surface area contributed by atoms with Gasteiger partial charge in [-0.3, -0.25) is 0 Å². The largest absolute Gasteiger partial charge is 0.496 e. The maximum Gasteiger partial charge on any atom is 0.231 e. The molecule has 0 bridgehead atoms. The lowest BCUT2D eigenvalue weighted by atomic mass is 10.2. The Morgan fingerprint density at radius 2 is 2.06 bits per heavy atom. The van der Waals surface area contributed by atoms with Gasteiger partial charge in [-0.05, 0) is 6.07 Å². The fourth-order valence-electron chi connectivity index (χ4n) is 1.37. The van der Waals surface area contributed by atoms with Gasteiger partial charge in [0.15, 0.2) is 11.5 Å².